The number of hydrogen-bond donors (Lipinski definition) is 0. The molecule has 0 aromatic carbocycles. The van der Waals surface area contributed by atoms with E-state index in [4.69, 9.17) is 0 Å². The topological polar surface area (TPSA) is 0 Å². The van der Waals surface area contributed by atoms with Crippen molar-refractivity contribution >= 4 is 0 Å². The molecule has 1 aliphatic carbocycles. The zero-order valence-electron chi connectivity index (χ0n) is 8.97. The van der Waals surface area contributed by atoms with Gasteiger partial charge in [0.1, 0.15) is 0 Å². The largest absolute Gasteiger partial charge is 0.0654 e. The lowest BCUT2D eigenvalue weighted by atomic mass is 9.67. The van der Waals surface area contributed by atoms with E-state index in [1.54, 1.807) is 0 Å². The Kier molecular flexibility index (Phi) is 4.11. The average molecular weight is 168 g/mol. The van der Waals surface area contributed by atoms with Gasteiger partial charge in [-0.25, -0.2) is 0 Å². The quantitative estimate of drug-likeness (QED) is 0.575. The smallest absolute Gasteiger partial charge is 0.0383 e. The molecule has 0 bridgehead atoms. The minimum atomic E-state index is 1.00. The van der Waals surface area contributed by atoms with Gasteiger partial charge in [0.05, 0.1) is 0 Å². The summed E-state index contributed by atoms with van der Waals surface area (Å²) in [5, 5.41) is 0. The SMILES string of the molecule is CCCC1CC(C(C)CCC)C1. The molecule has 0 saturated heterocycles. The zero-order valence-corrected chi connectivity index (χ0v) is 8.97. The molecule has 0 heterocycles. The minimum Gasteiger partial charge on any atom is -0.0654 e. The summed E-state index contributed by atoms with van der Waals surface area (Å²) in [6.45, 7) is 7.05. The second kappa shape index (κ2) is 4.89. The van der Waals surface area contributed by atoms with E-state index in [1.165, 1.54) is 38.5 Å². The van der Waals surface area contributed by atoms with Crippen molar-refractivity contribution in [3.8, 4) is 0 Å². The predicted octanol–water partition coefficient (Wildman–Crippen LogP) is 4.25. The van der Waals surface area contributed by atoms with Gasteiger partial charge in [-0.05, 0) is 30.6 Å². The summed E-state index contributed by atoms with van der Waals surface area (Å²) >= 11 is 0. The Balaban J connectivity index is 2.07. The summed E-state index contributed by atoms with van der Waals surface area (Å²) in [6, 6.07) is 0. The van der Waals surface area contributed by atoms with Gasteiger partial charge in [0.15, 0.2) is 0 Å². The van der Waals surface area contributed by atoms with Crippen molar-refractivity contribution in [2.45, 2.75) is 59.3 Å². The molecule has 1 atom stereocenters. The first-order valence-corrected chi connectivity index (χ1v) is 5.77. The van der Waals surface area contributed by atoms with E-state index in [1.807, 2.05) is 0 Å². The zero-order chi connectivity index (χ0) is 8.97. The van der Waals surface area contributed by atoms with Crippen LogP contribution in [0, 0.1) is 17.8 Å². The molecule has 0 radical (unpaired) electrons. The highest BCUT2D eigenvalue weighted by atomic mass is 14.4. The second-order valence-corrected chi connectivity index (χ2v) is 4.65. The van der Waals surface area contributed by atoms with Crippen molar-refractivity contribution in [3.05, 3.63) is 0 Å². The highest BCUT2D eigenvalue weighted by Gasteiger charge is 2.31. The van der Waals surface area contributed by atoms with Crippen LogP contribution >= 0.6 is 0 Å². The monoisotopic (exact) mass is 168 g/mol. The van der Waals surface area contributed by atoms with Crippen LogP contribution in [0.2, 0.25) is 0 Å². The Hall–Kier alpha value is 0. The van der Waals surface area contributed by atoms with Crippen molar-refractivity contribution in [2.75, 3.05) is 0 Å². The van der Waals surface area contributed by atoms with Crippen LogP contribution in [-0.2, 0) is 0 Å². The molecular formula is C12H24. The molecule has 1 unspecified atom stereocenters. The molecule has 72 valence electrons. The van der Waals surface area contributed by atoms with Crippen LogP contribution < -0.4 is 0 Å². The summed E-state index contributed by atoms with van der Waals surface area (Å²) in [6.07, 6.45) is 8.76. The van der Waals surface area contributed by atoms with Gasteiger partial charge in [-0.15, -0.1) is 0 Å². The van der Waals surface area contributed by atoms with Crippen molar-refractivity contribution in [1.82, 2.24) is 0 Å². The van der Waals surface area contributed by atoms with Gasteiger partial charge in [-0.1, -0.05) is 46.5 Å². The average Bonchev–Trinajstić information content (AvgIpc) is 1.96. The van der Waals surface area contributed by atoms with Crippen LogP contribution in [0.1, 0.15) is 59.3 Å². The fourth-order valence-corrected chi connectivity index (χ4v) is 2.59. The van der Waals surface area contributed by atoms with Crippen LogP contribution in [-0.4, -0.2) is 0 Å². The molecule has 1 fully saturated rings. The summed E-state index contributed by atoms with van der Waals surface area (Å²) in [5.74, 6) is 3.18. The first kappa shape index (κ1) is 10.1. The molecule has 0 aliphatic heterocycles. The molecule has 0 aromatic rings. The second-order valence-electron chi connectivity index (χ2n) is 4.65. The molecule has 1 aliphatic rings. The standard InChI is InChI=1S/C12H24/c1-4-6-10(3)12-8-11(9-12)7-5-2/h10-12H,4-9H2,1-3H3. The predicted molar refractivity (Wildman–Crippen MR) is 55.2 cm³/mol. The van der Waals surface area contributed by atoms with Gasteiger partial charge in [0, 0.05) is 0 Å². The van der Waals surface area contributed by atoms with E-state index in [9.17, 15) is 0 Å². The van der Waals surface area contributed by atoms with E-state index in [2.05, 4.69) is 20.8 Å². The number of rotatable bonds is 5. The minimum absolute atomic E-state index is 1.00. The third kappa shape index (κ3) is 2.50. The van der Waals surface area contributed by atoms with Crippen molar-refractivity contribution in [2.24, 2.45) is 17.8 Å². The van der Waals surface area contributed by atoms with Crippen LogP contribution in [0.25, 0.3) is 0 Å². The molecule has 0 nitrogen and oxygen atoms in total. The Labute approximate surface area is 77.7 Å². The van der Waals surface area contributed by atoms with Crippen LogP contribution in [0.5, 0.6) is 0 Å². The van der Waals surface area contributed by atoms with Crippen molar-refractivity contribution in [3.63, 3.8) is 0 Å². The van der Waals surface area contributed by atoms with Crippen LogP contribution in [0.15, 0.2) is 0 Å². The van der Waals surface area contributed by atoms with E-state index < -0.39 is 0 Å². The molecule has 1 saturated carbocycles. The summed E-state index contributed by atoms with van der Waals surface area (Å²) < 4.78 is 0. The fraction of sp³-hybridized carbons (Fsp3) is 1.00. The van der Waals surface area contributed by atoms with Crippen LogP contribution in [0.3, 0.4) is 0 Å². The van der Waals surface area contributed by atoms with E-state index in [-0.39, 0.29) is 0 Å². The van der Waals surface area contributed by atoms with Crippen molar-refractivity contribution in [1.29, 1.82) is 0 Å². The van der Waals surface area contributed by atoms with E-state index in [0.29, 0.717) is 0 Å². The van der Waals surface area contributed by atoms with E-state index in [0.717, 1.165) is 17.8 Å². The van der Waals surface area contributed by atoms with Gasteiger partial charge >= 0.3 is 0 Å². The maximum atomic E-state index is 2.44. The Morgan fingerprint density at radius 3 is 2.33 bits per heavy atom. The molecule has 0 N–H and O–H groups in total. The van der Waals surface area contributed by atoms with Crippen LogP contribution in [0.4, 0.5) is 0 Å². The summed E-state index contributed by atoms with van der Waals surface area (Å²) in [5.41, 5.74) is 0. The maximum Gasteiger partial charge on any atom is -0.0383 e. The molecule has 0 aromatic heterocycles. The summed E-state index contributed by atoms with van der Waals surface area (Å²) in [7, 11) is 0. The highest BCUT2D eigenvalue weighted by Crippen LogP contribution is 2.42. The molecule has 12 heavy (non-hydrogen) atoms. The lowest BCUT2D eigenvalue weighted by Crippen LogP contribution is -2.28. The highest BCUT2D eigenvalue weighted by molar-refractivity contribution is 4.82. The Morgan fingerprint density at radius 1 is 1.17 bits per heavy atom. The Morgan fingerprint density at radius 2 is 1.83 bits per heavy atom. The maximum absolute atomic E-state index is 2.44. The van der Waals surface area contributed by atoms with Gasteiger partial charge in [0.25, 0.3) is 0 Å². The Bertz CT molecular complexity index is 111. The molecule has 0 amide bonds. The third-order valence-electron chi connectivity index (χ3n) is 3.52. The molecule has 1 rings (SSSR count). The third-order valence-corrected chi connectivity index (χ3v) is 3.52. The molecular weight excluding hydrogens is 144 g/mol. The van der Waals surface area contributed by atoms with Gasteiger partial charge < -0.3 is 0 Å². The lowest BCUT2D eigenvalue weighted by molar-refractivity contribution is 0.119. The normalized spacial score (nSPS) is 31.2. The van der Waals surface area contributed by atoms with Gasteiger partial charge in [-0.3, -0.25) is 0 Å². The van der Waals surface area contributed by atoms with Crippen molar-refractivity contribution < 1.29 is 0 Å². The summed E-state index contributed by atoms with van der Waals surface area (Å²) in [4.78, 5) is 0. The first-order chi connectivity index (χ1) is 5.77. The van der Waals surface area contributed by atoms with E-state index >= 15 is 0 Å². The van der Waals surface area contributed by atoms with Gasteiger partial charge in [0.2, 0.25) is 0 Å². The van der Waals surface area contributed by atoms with Gasteiger partial charge in [-0.2, -0.15) is 0 Å². The first-order valence-electron chi connectivity index (χ1n) is 5.77. The molecule has 0 spiro atoms. The lowest BCUT2D eigenvalue weighted by Gasteiger charge is -2.39. The fourth-order valence-electron chi connectivity index (χ4n) is 2.59. The molecule has 0 heteroatoms. The number of hydrogen-bond acceptors (Lipinski definition) is 0.